The third-order valence-electron chi connectivity index (χ3n) is 5.25. The van der Waals surface area contributed by atoms with E-state index in [0.29, 0.717) is 18.8 Å². The summed E-state index contributed by atoms with van der Waals surface area (Å²) in [6.07, 6.45) is 3.31. The van der Waals surface area contributed by atoms with Crippen LogP contribution in [0.1, 0.15) is 49.3 Å². The largest absolute Gasteiger partial charge is 0.454 e. The number of amides is 1. The van der Waals surface area contributed by atoms with Crippen LogP contribution in [0.25, 0.3) is 0 Å². The molecule has 2 aliphatic heterocycles. The van der Waals surface area contributed by atoms with Crippen LogP contribution in [0.3, 0.4) is 0 Å². The van der Waals surface area contributed by atoms with Crippen molar-refractivity contribution in [2.75, 3.05) is 18.2 Å². The molecule has 0 aliphatic carbocycles. The fourth-order valence-corrected chi connectivity index (χ4v) is 3.72. The molecular formula is C22H25NO3. The van der Waals surface area contributed by atoms with E-state index in [2.05, 4.69) is 32.0 Å². The molecule has 0 saturated carbocycles. The fourth-order valence-electron chi connectivity index (χ4n) is 3.72. The molecule has 0 N–H and O–H groups in total. The van der Waals surface area contributed by atoms with Crippen molar-refractivity contribution < 1.29 is 14.3 Å². The summed E-state index contributed by atoms with van der Waals surface area (Å²) in [6.45, 7) is 5.51. The molecule has 2 aromatic carbocycles. The van der Waals surface area contributed by atoms with E-state index in [4.69, 9.17) is 9.47 Å². The Labute approximate surface area is 154 Å². The van der Waals surface area contributed by atoms with Gasteiger partial charge in [0.15, 0.2) is 11.5 Å². The molecule has 0 atom stereocenters. The number of aryl methyl sites for hydroxylation is 2. The molecule has 0 fully saturated rings. The zero-order chi connectivity index (χ0) is 18.1. The molecule has 0 unspecified atom stereocenters. The lowest BCUT2D eigenvalue weighted by molar-refractivity contribution is -0.118. The predicted octanol–water partition coefficient (Wildman–Crippen LogP) is 4.45. The molecule has 0 bridgehead atoms. The number of nitrogens with zero attached hydrogens (tertiary/aromatic N) is 1. The van der Waals surface area contributed by atoms with Gasteiger partial charge in [-0.05, 0) is 60.1 Å². The summed E-state index contributed by atoms with van der Waals surface area (Å²) in [5, 5.41) is 0. The highest BCUT2D eigenvalue weighted by Gasteiger charge is 2.23. The van der Waals surface area contributed by atoms with Gasteiger partial charge < -0.3 is 14.4 Å². The first-order valence-corrected chi connectivity index (χ1v) is 9.43. The van der Waals surface area contributed by atoms with E-state index in [1.165, 1.54) is 11.1 Å². The molecule has 2 aromatic rings. The molecule has 136 valence electrons. The summed E-state index contributed by atoms with van der Waals surface area (Å²) in [6, 6.07) is 12.5. The number of ether oxygens (including phenoxy) is 2. The van der Waals surface area contributed by atoms with Gasteiger partial charge in [-0.3, -0.25) is 4.79 Å². The molecule has 0 radical (unpaired) electrons. The van der Waals surface area contributed by atoms with E-state index in [1.54, 1.807) is 0 Å². The minimum atomic E-state index is 0.195. The summed E-state index contributed by atoms with van der Waals surface area (Å²) in [4.78, 5) is 14.8. The third kappa shape index (κ3) is 3.28. The molecule has 4 nitrogen and oxygen atoms in total. The van der Waals surface area contributed by atoms with E-state index in [-0.39, 0.29) is 12.7 Å². The standard InChI is InChI=1S/C22H25NO3/c1-15(2)17-7-8-19-18(13-17)4-3-11-23(19)22(24)10-6-16-5-9-20-21(12-16)26-14-25-20/h5,7-9,12-13,15H,3-4,6,10-11,14H2,1-2H3. The van der Waals surface area contributed by atoms with Crippen molar-refractivity contribution in [2.45, 2.75) is 45.4 Å². The van der Waals surface area contributed by atoms with E-state index in [1.807, 2.05) is 23.1 Å². The summed E-state index contributed by atoms with van der Waals surface area (Å²) < 4.78 is 10.8. The Morgan fingerprint density at radius 2 is 1.96 bits per heavy atom. The molecule has 0 aromatic heterocycles. The zero-order valence-corrected chi connectivity index (χ0v) is 15.5. The van der Waals surface area contributed by atoms with Crippen molar-refractivity contribution in [2.24, 2.45) is 0 Å². The smallest absolute Gasteiger partial charge is 0.231 e. The van der Waals surface area contributed by atoms with Crippen LogP contribution in [0.5, 0.6) is 11.5 Å². The predicted molar refractivity (Wildman–Crippen MR) is 102 cm³/mol. The lowest BCUT2D eigenvalue weighted by atomic mass is 9.94. The molecule has 4 rings (SSSR count). The summed E-state index contributed by atoms with van der Waals surface area (Å²) in [7, 11) is 0. The highest BCUT2D eigenvalue weighted by molar-refractivity contribution is 5.94. The van der Waals surface area contributed by atoms with Crippen LogP contribution in [0, 0.1) is 0 Å². The SMILES string of the molecule is CC(C)c1ccc2c(c1)CCCN2C(=O)CCc1ccc2c(c1)OCO2. The average molecular weight is 351 g/mol. The van der Waals surface area contributed by atoms with Crippen molar-refractivity contribution in [3.8, 4) is 11.5 Å². The van der Waals surface area contributed by atoms with Crippen molar-refractivity contribution >= 4 is 11.6 Å². The van der Waals surface area contributed by atoms with Gasteiger partial charge >= 0.3 is 0 Å². The highest BCUT2D eigenvalue weighted by Crippen LogP contribution is 2.33. The van der Waals surface area contributed by atoms with Crippen molar-refractivity contribution in [3.05, 3.63) is 53.1 Å². The van der Waals surface area contributed by atoms with Gasteiger partial charge in [0.1, 0.15) is 0 Å². The summed E-state index contributed by atoms with van der Waals surface area (Å²) >= 11 is 0. The van der Waals surface area contributed by atoms with E-state index >= 15 is 0 Å². The maximum atomic E-state index is 12.9. The van der Waals surface area contributed by atoms with Crippen LogP contribution >= 0.6 is 0 Å². The summed E-state index contributed by atoms with van der Waals surface area (Å²) in [5.41, 5.74) is 4.85. The minimum Gasteiger partial charge on any atom is -0.454 e. The van der Waals surface area contributed by atoms with Gasteiger partial charge in [0.05, 0.1) is 0 Å². The number of hydrogen-bond donors (Lipinski definition) is 0. The molecule has 26 heavy (non-hydrogen) atoms. The minimum absolute atomic E-state index is 0.195. The molecule has 0 saturated heterocycles. The van der Waals surface area contributed by atoms with Crippen LogP contribution in [-0.4, -0.2) is 19.2 Å². The monoisotopic (exact) mass is 351 g/mol. The first kappa shape index (κ1) is 17.0. The highest BCUT2D eigenvalue weighted by atomic mass is 16.7. The maximum absolute atomic E-state index is 12.9. The third-order valence-corrected chi connectivity index (χ3v) is 5.25. The molecule has 2 heterocycles. The second kappa shape index (κ2) is 7.02. The van der Waals surface area contributed by atoms with Crippen LogP contribution in [0.15, 0.2) is 36.4 Å². The zero-order valence-electron chi connectivity index (χ0n) is 15.5. The summed E-state index contributed by atoms with van der Waals surface area (Å²) in [5.74, 6) is 2.27. The Morgan fingerprint density at radius 3 is 2.81 bits per heavy atom. The Hall–Kier alpha value is -2.49. The Bertz CT molecular complexity index is 828. The normalized spacial score (nSPS) is 15.3. The van der Waals surface area contributed by atoms with Gasteiger partial charge in [0, 0.05) is 18.7 Å². The van der Waals surface area contributed by atoms with E-state index in [0.717, 1.165) is 42.1 Å². The lowest BCUT2D eigenvalue weighted by Gasteiger charge is -2.30. The van der Waals surface area contributed by atoms with Crippen LogP contribution in [0.4, 0.5) is 5.69 Å². The fraction of sp³-hybridized carbons (Fsp3) is 0.409. The topological polar surface area (TPSA) is 38.8 Å². The number of carbonyl (C=O) groups is 1. The number of carbonyl (C=O) groups excluding carboxylic acids is 1. The molecule has 0 spiro atoms. The number of hydrogen-bond acceptors (Lipinski definition) is 3. The number of anilines is 1. The Kier molecular flexibility index (Phi) is 4.58. The lowest BCUT2D eigenvalue weighted by Crippen LogP contribution is -2.35. The molecular weight excluding hydrogens is 326 g/mol. The Balaban J connectivity index is 1.46. The van der Waals surface area contributed by atoms with Crippen LogP contribution in [0.2, 0.25) is 0 Å². The van der Waals surface area contributed by atoms with E-state index in [9.17, 15) is 4.79 Å². The number of benzene rings is 2. The molecule has 1 amide bonds. The number of fused-ring (bicyclic) bond motifs is 2. The van der Waals surface area contributed by atoms with Crippen LogP contribution < -0.4 is 14.4 Å². The van der Waals surface area contributed by atoms with Gasteiger partial charge in [-0.1, -0.05) is 32.0 Å². The van der Waals surface area contributed by atoms with E-state index < -0.39 is 0 Å². The first-order chi connectivity index (χ1) is 12.6. The van der Waals surface area contributed by atoms with Gasteiger partial charge in [-0.2, -0.15) is 0 Å². The second-order valence-corrected chi connectivity index (χ2v) is 7.38. The van der Waals surface area contributed by atoms with Crippen LogP contribution in [-0.2, 0) is 17.6 Å². The van der Waals surface area contributed by atoms with Gasteiger partial charge in [0.2, 0.25) is 12.7 Å². The average Bonchev–Trinajstić information content (AvgIpc) is 3.12. The molecule has 2 aliphatic rings. The maximum Gasteiger partial charge on any atom is 0.231 e. The van der Waals surface area contributed by atoms with Crippen molar-refractivity contribution in [3.63, 3.8) is 0 Å². The number of rotatable bonds is 4. The molecule has 4 heteroatoms. The Morgan fingerprint density at radius 1 is 1.12 bits per heavy atom. The second-order valence-electron chi connectivity index (χ2n) is 7.38. The van der Waals surface area contributed by atoms with Crippen molar-refractivity contribution in [1.29, 1.82) is 0 Å². The van der Waals surface area contributed by atoms with Crippen molar-refractivity contribution in [1.82, 2.24) is 0 Å². The van der Waals surface area contributed by atoms with Gasteiger partial charge in [-0.15, -0.1) is 0 Å². The quantitative estimate of drug-likeness (QED) is 0.817. The first-order valence-electron chi connectivity index (χ1n) is 9.43. The van der Waals surface area contributed by atoms with Gasteiger partial charge in [-0.25, -0.2) is 0 Å². The van der Waals surface area contributed by atoms with Gasteiger partial charge in [0.25, 0.3) is 0 Å².